The third-order valence-corrected chi connectivity index (χ3v) is 4.30. The van der Waals surface area contributed by atoms with Crippen LogP contribution in [0.1, 0.15) is 20.3 Å². The highest BCUT2D eigenvalue weighted by Gasteiger charge is 2.59. The van der Waals surface area contributed by atoms with E-state index in [1.807, 2.05) is 0 Å². The van der Waals surface area contributed by atoms with E-state index in [9.17, 15) is 4.79 Å². The smallest absolute Gasteiger partial charge is 0.223 e. The summed E-state index contributed by atoms with van der Waals surface area (Å²) in [6, 6.07) is 0. The molecule has 1 aliphatic carbocycles. The molecule has 4 unspecified atom stereocenters. The lowest BCUT2D eigenvalue weighted by molar-refractivity contribution is -0.134. The molecule has 14 heavy (non-hydrogen) atoms. The predicted octanol–water partition coefficient (Wildman–Crippen LogP) is 0.856. The largest absolute Gasteiger partial charge is 0.365 e. The monoisotopic (exact) mass is 193 g/mol. The van der Waals surface area contributed by atoms with Gasteiger partial charge >= 0.3 is 0 Å². The van der Waals surface area contributed by atoms with Gasteiger partial charge in [0.15, 0.2) is 0 Å². The van der Waals surface area contributed by atoms with E-state index in [4.69, 9.17) is 4.74 Å². The number of carbonyl (C=O) groups excluding carboxylic acids is 1. The van der Waals surface area contributed by atoms with Crippen LogP contribution in [-0.2, 0) is 9.53 Å². The molecule has 1 amide bonds. The Balaban J connectivity index is 1.93. The van der Waals surface area contributed by atoms with Crippen molar-refractivity contribution in [2.24, 2.45) is 11.8 Å². The Kier molecular flexibility index (Phi) is 1.34. The highest BCUT2D eigenvalue weighted by molar-refractivity contribution is 5.86. The summed E-state index contributed by atoms with van der Waals surface area (Å²) in [5, 5.41) is 3.02. The Labute approximate surface area is 83.5 Å². The van der Waals surface area contributed by atoms with Crippen molar-refractivity contribution in [3.63, 3.8) is 0 Å². The molecule has 3 rings (SSSR count). The molecule has 0 radical (unpaired) electrons. The number of nitrogens with one attached hydrogen (secondary N) is 1. The zero-order valence-electron chi connectivity index (χ0n) is 8.54. The summed E-state index contributed by atoms with van der Waals surface area (Å²) in [6.07, 6.45) is 4.94. The normalized spacial score (nSPS) is 54.6. The SMILES string of the molecule is CC1C(C)C2(C=CC13CC(=O)N3)CO2. The molecule has 4 atom stereocenters. The fourth-order valence-electron chi connectivity index (χ4n) is 2.79. The molecule has 2 heterocycles. The lowest BCUT2D eigenvalue weighted by Crippen LogP contribution is -2.66. The van der Waals surface area contributed by atoms with E-state index in [0.29, 0.717) is 18.3 Å². The predicted molar refractivity (Wildman–Crippen MR) is 51.6 cm³/mol. The van der Waals surface area contributed by atoms with Gasteiger partial charge in [0.2, 0.25) is 5.91 Å². The Morgan fingerprint density at radius 2 is 2.07 bits per heavy atom. The molecule has 3 aliphatic rings. The topological polar surface area (TPSA) is 41.6 Å². The summed E-state index contributed by atoms with van der Waals surface area (Å²) in [4.78, 5) is 11.0. The van der Waals surface area contributed by atoms with E-state index in [2.05, 4.69) is 31.3 Å². The van der Waals surface area contributed by atoms with Crippen molar-refractivity contribution in [2.45, 2.75) is 31.4 Å². The minimum Gasteiger partial charge on any atom is -0.365 e. The second kappa shape index (κ2) is 2.22. The van der Waals surface area contributed by atoms with Gasteiger partial charge in [0.1, 0.15) is 5.60 Å². The number of carbonyl (C=O) groups is 1. The van der Waals surface area contributed by atoms with Crippen LogP contribution in [0.3, 0.4) is 0 Å². The third-order valence-electron chi connectivity index (χ3n) is 4.30. The molecule has 76 valence electrons. The van der Waals surface area contributed by atoms with Crippen LogP contribution in [0.15, 0.2) is 12.2 Å². The van der Waals surface area contributed by atoms with E-state index in [1.165, 1.54) is 0 Å². The molecule has 0 bridgehead atoms. The maximum atomic E-state index is 11.0. The molecule has 2 aliphatic heterocycles. The van der Waals surface area contributed by atoms with E-state index in [1.54, 1.807) is 0 Å². The van der Waals surface area contributed by atoms with Crippen LogP contribution in [0.5, 0.6) is 0 Å². The zero-order chi connectivity index (χ0) is 9.97. The average molecular weight is 193 g/mol. The third kappa shape index (κ3) is 0.836. The van der Waals surface area contributed by atoms with Gasteiger partial charge in [-0.3, -0.25) is 4.79 Å². The van der Waals surface area contributed by atoms with Crippen molar-refractivity contribution in [1.29, 1.82) is 0 Å². The summed E-state index contributed by atoms with van der Waals surface area (Å²) >= 11 is 0. The van der Waals surface area contributed by atoms with Crippen molar-refractivity contribution >= 4 is 5.91 Å². The summed E-state index contributed by atoms with van der Waals surface area (Å²) in [5.74, 6) is 1.13. The van der Waals surface area contributed by atoms with Gasteiger partial charge in [0.25, 0.3) is 0 Å². The molecular weight excluding hydrogens is 178 g/mol. The van der Waals surface area contributed by atoms with Crippen LogP contribution in [-0.4, -0.2) is 23.7 Å². The van der Waals surface area contributed by atoms with Gasteiger partial charge in [-0.15, -0.1) is 0 Å². The number of hydrogen-bond donors (Lipinski definition) is 1. The standard InChI is InChI=1S/C11H15NO2/c1-7-8(2)11(6-14-11)4-3-10(7)5-9(13)12-10/h3-4,7-8H,5-6H2,1-2H3,(H,12,13). The summed E-state index contributed by atoms with van der Waals surface area (Å²) in [6.45, 7) is 5.27. The maximum Gasteiger partial charge on any atom is 0.223 e. The highest BCUT2D eigenvalue weighted by Crippen LogP contribution is 2.50. The molecule has 3 heteroatoms. The molecule has 3 nitrogen and oxygen atoms in total. The summed E-state index contributed by atoms with van der Waals surface area (Å²) < 4.78 is 5.51. The zero-order valence-corrected chi connectivity index (χ0v) is 8.54. The minimum absolute atomic E-state index is 0.00494. The average Bonchev–Trinajstić information content (AvgIpc) is 2.87. The molecular formula is C11H15NO2. The first-order valence-corrected chi connectivity index (χ1v) is 5.23. The fraction of sp³-hybridized carbons (Fsp3) is 0.727. The first-order valence-electron chi connectivity index (χ1n) is 5.23. The summed E-state index contributed by atoms with van der Waals surface area (Å²) in [5.41, 5.74) is -0.0569. The number of hydrogen-bond acceptors (Lipinski definition) is 2. The number of amides is 1. The Morgan fingerprint density at radius 3 is 2.57 bits per heavy atom. The van der Waals surface area contributed by atoms with Crippen LogP contribution in [0.25, 0.3) is 0 Å². The molecule has 0 saturated carbocycles. The number of ether oxygens (including phenoxy) is 1. The van der Waals surface area contributed by atoms with E-state index in [0.717, 1.165) is 6.61 Å². The minimum atomic E-state index is -0.0618. The first kappa shape index (κ1) is 8.48. The molecule has 2 spiro atoms. The van der Waals surface area contributed by atoms with E-state index < -0.39 is 0 Å². The van der Waals surface area contributed by atoms with Crippen LogP contribution in [0, 0.1) is 11.8 Å². The lowest BCUT2D eigenvalue weighted by atomic mass is 9.63. The molecule has 0 aromatic carbocycles. The number of epoxide rings is 1. The van der Waals surface area contributed by atoms with Crippen LogP contribution in [0.2, 0.25) is 0 Å². The van der Waals surface area contributed by atoms with Gasteiger partial charge in [0, 0.05) is 0 Å². The van der Waals surface area contributed by atoms with Crippen LogP contribution in [0.4, 0.5) is 0 Å². The molecule has 0 aromatic heterocycles. The van der Waals surface area contributed by atoms with Gasteiger partial charge in [-0.1, -0.05) is 26.0 Å². The van der Waals surface area contributed by atoms with Gasteiger partial charge < -0.3 is 10.1 Å². The van der Waals surface area contributed by atoms with Crippen molar-refractivity contribution in [3.05, 3.63) is 12.2 Å². The van der Waals surface area contributed by atoms with Crippen molar-refractivity contribution in [1.82, 2.24) is 5.32 Å². The van der Waals surface area contributed by atoms with Gasteiger partial charge in [0.05, 0.1) is 18.6 Å². The molecule has 2 saturated heterocycles. The second-order valence-corrected chi connectivity index (χ2v) is 4.92. The lowest BCUT2D eigenvalue weighted by Gasteiger charge is -2.50. The van der Waals surface area contributed by atoms with Crippen molar-refractivity contribution < 1.29 is 9.53 Å². The molecule has 2 fully saturated rings. The van der Waals surface area contributed by atoms with Gasteiger partial charge in [-0.05, 0) is 11.8 Å². The Bertz CT molecular complexity index is 322. The van der Waals surface area contributed by atoms with Crippen molar-refractivity contribution in [3.8, 4) is 0 Å². The fourth-order valence-corrected chi connectivity index (χ4v) is 2.79. The van der Waals surface area contributed by atoms with E-state index in [-0.39, 0.29) is 17.0 Å². The van der Waals surface area contributed by atoms with E-state index >= 15 is 0 Å². The highest BCUT2D eigenvalue weighted by atomic mass is 16.6. The quantitative estimate of drug-likeness (QED) is 0.352. The molecule has 0 aromatic rings. The van der Waals surface area contributed by atoms with Crippen LogP contribution < -0.4 is 5.32 Å². The number of rotatable bonds is 0. The summed E-state index contributed by atoms with van der Waals surface area (Å²) in [7, 11) is 0. The maximum absolute atomic E-state index is 11.0. The van der Waals surface area contributed by atoms with Gasteiger partial charge in [-0.25, -0.2) is 0 Å². The number of β-lactam (4-membered cyclic amide) rings is 1. The van der Waals surface area contributed by atoms with Crippen molar-refractivity contribution in [2.75, 3.05) is 6.61 Å². The Morgan fingerprint density at radius 1 is 1.43 bits per heavy atom. The van der Waals surface area contributed by atoms with Gasteiger partial charge in [-0.2, -0.15) is 0 Å². The first-order chi connectivity index (χ1) is 6.58. The Hall–Kier alpha value is -0.830. The molecule has 1 N–H and O–H groups in total. The second-order valence-electron chi connectivity index (χ2n) is 4.92. The van der Waals surface area contributed by atoms with Crippen LogP contribution >= 0.6 is 0 Å².